The van der Waals surface area contributed by atoms with Crippen molar-refractivity contribution < 1.29 is 9.53 Å². The predicted octanol–water partition coefficient (Wildman–Crippen LogP) is 4.24. The molecule has 2 heterocycles. The lowest BCUT2D eigenvalue weighted by atomic mass is 9.72. The molecule has 0 N–H and O–H groups in total. The monoisotopic (exact) mass is 477 g/mol. The zero-order valence-electron chi connectivity index (χ0n) is 21.6. The molecule has 3 unspecified atom stereocenters. The third-order valence-corrected chi connectivity index (χ3v) is 7.84. The molecular formula is C28H39N5O2. The van der Waals surface area contributed by atoms with E-state index in [1.165, 1.54) is 12.8 Å². The Morgan fingerprint density at radius 1 is 1.17 bits per heavy atom. The molecule has 2 aliphatic rings. The smallest absolute Gasteiger partial charge is 0.248 e. The summed E-state index contributed by atoms with van der Waals surface area (Å²) in [6.45, 7) is 12.7. The molecule has 1 saturated carbocycles. The molecule has 1 saturated heterocycles. The van der Waals surface area contributed by atoms with E-state index < -0.39 is 0 Å². The summed E-state index contributed by atoms with van der Waals surface area (Å²) in [5.74, 6) is 3.90. The molecule has 1 aliphatic heterocycles. The summed E-state index contributed by atoms with van der Waals surface area (Å²) in [7, 11) is 0. The summed E-state index contributed by atoms with van der Waals surface area (Å²) in [4.78, 5) is 21.8. The van der Waals surface area contributed by atoms with E-state index in [1.807, 2.05) is 42.3 Å². The Labute approximate surface area is 209 Å². The molecule has 7 nitrogen and oxygen atoms in total. The van der Waals surface area contributed by atoms with Crippen molar-refractivity contribution in [3.8, 4) is 6.07 Å². The van der Waals surface area contributed by atoms with Gasteiger partial charge in [0.1, 0.15) is 18.2 Å². The first kappa shape index (κ1) is 25.2. The quantitative estimate of drug-likeness (QED) is 0.596. The fraction of sp³-hybridized carbons (Fsp3) is 0.607. The van der Waals surface area contributed by atoms with Crippen molar-refractivity contribution in [1.29, 1.82) is 5.26 Å². The van der Waals surface area contributed by atoms with Gasteiger partial charge in [0.05, 0.1) is 30.5 Å². The van der Waals surface area contributed by atoms with Crippen LogP contribution < -0.4 is 4.90 Å². The van der Waals surface area contributed by atoms with Crippen molar-refractivity contribution in [3.05, 3.63) is 47.4 Å². The Kier molecular flexibility index (Phi) is 8.12. The average Bonchev–Trinajstić information content (AvgIpc) is 3.22. The van der Waals surface area contributed by atoms with Gasteiger partial charge in [0.15, 0.2) is 0 Å². The predicted molar refractivity (Wildman–Crippen MR) is 137 cm³/mol. The van der Waals surface area contributed by atoms with Crippen molar-refractivity contribution in [1.82, 2.24) is 14.5 Å². The van der Waals surface area contributed by atoms with E-state index in [2.05, 4.69) is 41.3 Å². The molecule has 2 fully saturated rings. The van der Waals surface area contributed by atoms with Crippen LogP contribution in [-0.2, 0) is 16.1 Å². The van der Waals surface area contributed by atoms with Crippen LogP contribution in [0.2, 0.25) is 0 Å². The zero-order valence-corrected chi connectivity index (χ0v) is 21.6. The fourth-order valence-corrected chi connectivity index (χ4v) is 5.90. The van der Waals surface area contributed by atoms with Gasteiger partial charge in [0.2, 0.25) is 5.91 Å². The minimum absolute atomic E-state index is 0.104. The summed E-state index contributed by atoms with van der Waals surface area (Å²) in [6.07, 6.45) is 5.65. The number of rotatable bonds is 7. The fourth-order valence-electron chi connectivity index (χ4n) is 5.90. The molecule has 4 rings (SSSR count). The van der Waals surface area contributed by atoms with Crippen LogP contribution in [-0.4, -0.2) is 59.2 Å². The second-order valence-electron chi connectivity index (χ2n) is 10.5. The number of amides is 1. The molecule has 1 aromatic carbocycles. The number of imidazole rings is 1. The average molecular weight is 478 g/mol. The Balaban J connectivity index is 1.32. The number of hydrogen-bond acceptors (Lipinski definition) is 5. The molecule has 1 amide bonds. The minimum atomic E-state index is 0.104. The highest BCUT2D eigenvalue weighted by molar-refractivity contribution is 5.77. The molecule has 0 radical (unpaired) electrons. The molecule has 1 aliphatic carbocycles. The molecule has 3 atom stereocenters. The van der Waals surface area contributed by atoms with Crippen LogP contribution in [0.25, 0.3) is 0 Å². The third-order valence-electron chi connectivity index (χ3n) is 7.84. The summed E-state index contributed by atoms with van der Waals surface area (Å²) in [5, 5.41) is 9.04. The topological polar surface area (TPSA) is 74.4 Å². The molecule has 188 valence electrons. The van der Waals surface area contributed by atoms with E-state index in [4.69, 9.17) is 10.00 Å². The van der Waals surface area contributed by atoms with Gasteiger partial charge in [-0.1, -0.05) is 45.7 Å². The summed E-state index contributed by atoms with van der Waals surface area (Å²) >= 11 is 0. The summed E-state index contributed by atoms with van der Waals surface area (Å²) < 4.78 is 8.43. The molecule has 2 aromatic rings. The molecule has 0 bridgehead atoms. The maximum absolute atomic E-state index is 12.9. The molecule has 7 heteroatoms. The number of carbonyl (C=O) groups is 1. The Morgan fingerprint density at radius 3 is 2.54 bits per heavy atom. The summed E-state index contributed by atoms with van der Waals surface area (Å²) in [5.41, 5.74) is 1.80. The van der Waals surface area contributed by atoms with E-state index in [9.17, 15) is 4.79 Å². The van der Waals surface area contributed by atoms with Gasteiger partial charge in [-0.3, -0.25) is 4.79 Å². The lowest BCUT2D eigenvalue weighted by Crippen LogP contribution is -2.50. The lowest BCUT2D eigenvalue weighted by molar-refractivity contribution is -0.142. The first-order valence-corrected chi connectivity index (χ1v) is 13.0. The van der Waals surface area contributed by atoms with Gasteiger partial charge in [-0.15, -0.1) is 0 Å². The van der Waals surface area contributed by atoms with Crippen molar-refractivity contribution in [3.63, 3.8) is 0 Å². The number of nitrogens with zero attached hydrogens (tertiary/aromatic N) is 5. The standard InChI is InChI=1S/C28H39N5O2/c1-20(2)28-21(3)6-5-7-25(28)35-19-27(34)32-14-12-31(13-15-32)26-17-30-22(4)33(26)18-24-10-8-23(16-29)9-11-24/h8-11,17,20-21,25,28H,5-7,12-15,18-19H2,1-4H3. The Bertz CT molecular complexity index is 1030. The Morgan fingerprint density at radius 2 is 1.89 bits per heavy atom. The highest BCUT2D eigenvalue weighted by Gasteiger charge is 2.34. The highest BCUT2D eigenvalue weighted by Crippen LogP contribution is 2.36. The second-order valence-corrected chi connectivity index (χ2v) is 10.5. The number of carbonyl (C=O) groups excluding carboxylic acids is 1. The normalized spacial score (nSPS) is 22.9. The van der Waals surface area contributed by atoms with E-state index in [1.54, 1.807) is 0 Å². The number of benzene rings is 1. The van der Waals surface area contributed by atoms with Gasteiger partial charge in [-0.2, -0.15) is 5.26 Å². The maximum atomic E-state index is 12.9. The van der Waals surface area contributed by atoms with Crippen LogP contribution >= 0.6 is 0 Å². The van der Waals surface area contributed by atoms with E-state index in [-0.39, 0.29) is 18.6 Å². The largest absolute Gasteiger partial charge is 0.368 e. The second kappa shape index (κ2) is 11.3. The first-order chi connectivity index (χ1) is 16.9. The van der Waals surface area contributed by atoms with E-state index in [0.29, 0.717) is 43.0 Å². The van der Waals surface area contributed by atoms with Crippen molar-refractivity contribution >= 4 is 11.7 Å². The number of nitriles is 1. The SMILES string of the molecule is Cc1ncc(N2CCN(C(=O)COC3CCCC(C)C3C(C)C)CC2)n1Cc1ccc(C#N)cc1. The maximum Gasteiger partial charge on any atom is 0.248 e. The van der Waals surface area contributed by atoms with Crippen LogP contribution in [0, 0.1) is 36.0 Å². The van der Waals surface area contributed by atoms with Crippen LogP contribution in [0.15, 0.2) is 30.5 Å². The zero-order chi connectivity index (χ0) is 24.9. The third kappa shape index (κ3) is 5.87. The van der Waals surface area contributed by atoms with E-state index in [0.717, 1.165) is 36.7 Å². The lowest BCUT2D eigenvalue weighted by Gasteiger charge is -2.40. The highest BCUT2D eigenvalue weighted by atomic mass is 16.5. The van der Waals surface area contributed by atoms with Crippen LogP contribution in [0.4, 0.5) is 5.82 Å². The van der Waals surface area contributed by atoms with Gasteiger partial charge < -0.3 is 19.1 Å². The Hall–Kier alpha value is -2.85. The number of hydrogen-bond donors (Lipinski definition) is 0. The number of aryl methyl sites for hydroxylation is 1. The van der Waals surface area contributed by atoms with Crippen molar-refractivity contribution in [2.45, 2.75) is 59.6 Å². The van der Waals surface area contributed by atoms with E-state index >= 15 is 0 Å². The molecule has 1 aromatic heterocycles. The van der Waals surface area contributed by atoms with Gasteiger partial charge in [0, 0.05) is 26.2 Å². The van der Waals surface area contributed by atoms with Crippen LogP contribution in [0.5, 0.6) is 0 Å². The van der Waals surface area contributed by atoms with Gasteiger partial charge in [-0.05, 0) is 48.8 Å². The molecular weight excluding hydrogens is 438 g/mol. The minimum Gasteiger partial charge on any atom is -0.368 e. The van der Waals surface area contributed by atoms with Gasteiger partial charge >= 0.3 is 0 Å². The summed E-state index contributed by atoms with van der Waals surface area (Å²) in [6, 6.07) is 9.86. The number of ether oxygens (including phenoxy) is 1. The van der Waals surface area contributed by atoms with Crippen molar-refractivity contribution in [2.75, 3.05) is 37.7 Å². The number of piperazine rings is 1. The van der Waals surface area contributed by atoms with Crippen molar-refractivity contribution in [2.24, 2.45) is 17.8 Å². The number of anilines is 1. The van der Waals surface area contributed by atoms with Gasteiger partial charge in [-0.25, -0.2) is 4.98 Å². The molecule has 35 heavy (non-hydrogen) atoms. The van der Waals surface area contributed by atoms with Gasteiger partial charge in [0.25, 0.3) is 0 Å². The first-order valence-electron chi connectivity index (χ1n) is 13.0. The number of aromatic nitrogens is 2. The molecule has 0 spiro atoms. The van der Waals surface area contributed by atoms with Crippen LogP contribution in [0.3, 0.4) is 0 Å². The van der Waals surface area contributed by atoms with Crippen LogP contribution in [0.1, 0.15) is 57.0 Å².